The Kier molecular flexibility index (Phi) is 3.24. The zero-order chi connectivity index (χ0) is 11.5. The fraction of sp³-hybridized carbons (Fsp3) is 0.636. The van der Waals surface area contributed by atoms with Gasteiger partial charge in [-0.1, -0.05) is 6.92 Å². The monoisotopic (exact) mass is 221 g/mol. The molecule has 2 rings (SSSR count). The molecule has 16 heavy (non-hydrogen) atoms. The number of likely N-dealkylation sites (N-methyl/N-ethyl adjacent to an activating group) is 1. The average molecular weight is 221 g/mol. The summed E-state index contributed by atoms with van der Waals surface area (Å²) in [6.07, 6.45) is 1.96. The summed E-state index contributed by atoms with van der Waals surface area (Å²) >= 11 is 0. The van der Waals surface area contributed by atoms with E-state index in [1.807, 2.05) is 6.92 Å². The molecule has 0 bridgehead atoms. The van der Waals surface area contributed by atoms with E-state index in [1.165, 1.54) is 0 Å². The van der Waals surface area contributed by atoms with Gasteiger partial charge in [-0.25, -0.2) is 9.97 Å². The topological polar surface area (TPSA) is 67.1 Å². The number of rotatable bonds is 3. The molecule has 0 aliphatic carbocycles. The zero-order valence-electron chi connectivity index (χ0n) is 9.90. The van der Waals surface area contributed by atoms with Crippen molar-refractivity contribution in [3.05, 3.63) is 11.9 Å². The van der Waals surface area contributed by atoms with E-state index < -0.39 is 0 Å². The van der Waals surface area contributed by atoms with Crippen molar-refractivity contribution >= 4 is 11.6 Å². The first-order valence-corrected chi connectivity index (χ1v) is 5.76. The molecular weight excluding hydrogens is 202 g/mol. The molecule has 1 saturated heterocycles. The molecule has 5 heteroatoms. The number of anilines is 2. The van der Waals surface area contributed by atoms with Crippen LogP contribution in [0.5, 0.6) is 0 Å². The molecule has 1 aliphatic rings. The normalized spacial score (nSPS) is 21.2. The molecule has 2 heterocycles. The fourth-order valence-corrected chi connectivity index (χ4v) is 2.01. The van der Waals surface area contributed by atoms with Crippen LogP contribution in [0.4, 0.5) is 11.6 Å². The van der Waals surface area contributed by atoms with Crippen molar-refractivity contribution in [2.24, 2.45) is 0 Å². The molecule has 88 valence electrons. The van der Waals surface area contributed by atoms with Gasteiger partial charge in [0.25, 0.3) is 0 Å². The Bertz CT molecular complexity index is 365. The van der Waals surface area contributed by atoms with E-state index in [9.17, 15) is 0 Å². The van der Waals surface area contributed by atoms with Crippen LogP contribution in [0.3, 0.4) is 0 Å². The second-order valence-corrected chi connectivity index (χ2v) is 4.34. The highest BCUT2D eigenvalue weighted by molar-refractivity contribution is 5.45. The molecule has 1 aromatic rings. The van der Waals surface area contributed by atoms with Gasteiger partial charge in [0.15, 0.2) is 0 Å². The summed E-state index contributed by atoms with van der Waals surface area (Å²) in [5.41, 5.74) is 5.74. The SMILES string of the molecule is CCc1nc(N)cc(NC2CCN(C)C2)n1. The Hall–Kier alpha value is -1.36. The summed E-state index contributed by atoms with van der Waals surface area (Å²) in [6, 6.07) is 2.28. The molecule has 5 nitrogen and oxygen atoms in total. The van der Waals surface area contributed by atoms with Gasteiger partial charge in [-0.3, -0.25) is 0 Å². The second-order valence-electron chi connectivity index (χ2n) is 4.34. The Morgan fingerprint density at radius 2 is 2.38 bits per heavy atom. The molecule has 3 N–H and O–H groups in total. The molecule has 1 atom stereocenters. The van der Waals surface area contributed by atoms with Crippen molar-refractivity contribution in [2.45, 2.75) is 25.8 Å². The molecule has 1 unspecified atom stereocenters. The number of likely N-dealkylation sites (tertiary alicyclic amines) is 1. The summed E-state index contributed by atoms with van der Waals surface area (Å²) in [5, 5.41) is 3.41. The van der Waals surface area contributed by atoms with E-state index >= 15 is 0 Å². The first-order valence-electron chi connectivity index (χ1n) is 5.76. The van der Waals surface area contributed by atoms with Crippen LogP contribution in [0.15, 0.2) is 6.07 Å². The lowest BCUT2D eigenvalue weighted by molar-refractivity contribution is 0.414. The van der Waals surface area contributed by atoms with Crippen LogP contribution >= 0.6 is 0 Å². The van der Waals surface area contributed by atoms with Gasteiger partial charge in [0.1, 0.15) is 17.5 Å². The fourth-order valence-electron chi connectivity index (χ4n) is 2.01. The Labute approximate surface area is 96.1 Å². The predicted octanol–water partition coefficient (Wildman–Crippen LogP) is 0.737. The second kappa shape index (κ2) is 4.65. The van der Waals surface area contributed by atoms with Crippen LogP contribution < -0.4 is 11.1 Å². The first-order chi connectivity index (χ1) is 7.67. The molecule has 0 amide bonds. The lowest BCUT2D eigenvalue weighted by Crippen LogP contribution is -2.24. The third-order valence-corrected chi connectivity index (χ3v) is 2.85. The van der Waals surface area contributed by atoms with Gasteiger partial charge in [0, 0.05) is 25.1 Å². The number of hydrogen-bond donors (Lipinski definition) is 2. The Balaban J connectivity index is 2.06. The van der Waals surface area contributed by atoms with E-state index in [-0.39, 0.29) is 0 Å². The van der Waals surface area contributed by atoms with Crippen LogP contribution in [0.25, 0.3) is 0 Å². The smallest absolute Gasteiger partial charge is 0.132 e. The van der Waals surface area contributed by atoms with E-state index in [4.69, 9.17) is 5.73 Å². The van der Waals surface area contributed by atoms with Crippen LogP contribution in [0.2, 0.25) is 0 Å². The van der Waals surface area contributed by atoms with Crippen molar-refractivity contribution in [3.8, 4) is 0 Å². The minimum absolute atomic E-state index is 0.476. The largest absolute Gasteiger partial charge is 0.384 e. The number of nitrogens with zero attached hydrogens (tertiary/aromatic N) is 3. The lowest BCUT2D eigenvalue weighted by atomic mass is 10.2. The van der Waals surface area contributed by atoms with E-state index in [2.05, 4.69) is 27.2 Å². The number of nitrogens with two attached hydrogens (primary N) is 1. The molecule has 1 fully saturated rings. The average Bonchev–Trinajstić information content (AvgIpc) is 2.63. The molecule has 0 spiro atoms. The Morgan fingerprint density at radius 1 is 1.56 bits per heavy atom. The molecule has 0 saturated carbocycles. The van der Waals surface area contributed by atoms with Gasteiger partial charge in [-0.2, -0.15) is 0 Å². The van der Waals surface area contributed by atoms with Gasteiger partial charge in [-0.15, -0.1) is 0 Å². The highest BCUT2D eigenvalue weighted by Gasteiger charge is 2.19. The third-order valence-electron chi connectivity index (χ3n) is 2.85. The number of aryl methyl sites for hydroxylation is 1. The molecule has 0 aromatic carbocycles. The Morgan fingerprint density at radius 3 is 3.00 bits per heavy atom. The lowest BCUT2D eigenvalue weighted by Gasteiger charge is -2.14. The van der Waals surface area contributed by atoms with Crippen molar-refractivity contribution in [3.63, 3.8) is 0 Å². The summed E-state index contributed by atoms with van der Waals surface area (Å²) < 4.78 is 0. The number of hydrogen-bond acceptors (Lipinski definition) is 5. The first kappa shape index (κ1) is 11.1. The maximum atomic E-state index is 5.74. The van der Waals surface area contributed by atoms with Gasteiger partial charge in [0.05, 0.1) is 0 Å². The zero-order valence-corrected chi connectivity index (χ0v) is 9.90. The third kappa shape index (κ3) is 2.61. The number of nitrogen functional groups attached to an aromatic ring is 1. The van der Waals surface area contributed by atoms with Gasteiger partial charge >= 0.3 is 0 Å². The minimum atomic E-state index is 0.476. The quantitative estimate of drug-likeness (QED) is 0.788. The summed E-state index contributed by atoms with van der Waals surface area (Å²) in [7, 11) is 2.13. The van der Waals surface area contributed by atoms with E-state index in [1.54, 1.807) is 6.07 Å². The van der Waals surface area contributed by atoms with Gasteiger partial charge < -0.3 is 16.0 Å². The highest BCUT2D eigenvalue weighted by atomic mass is 15.2. The maximum absolute atomic E-state index is 5.74. The molecule has 1 aliphatic heterocycles. The van der Waals surface area contributed by atoms with Gasteiger partial charge in [0.2, 0.25) is 0 Å². The minimum Gasteiger partial charge on any atom is -0.384 e. The van der Waals surface area contributed by atoms with Crippen LogP contribution in [-0.2, 0) is 6.42 Å². The summed E-state index contributed by atoms with van der Waals surface area (Å²) in [5.74, 6) is 2.19. The van der Waals surface area contributed by atoms with Crippen LogP contribution in [0, 0.1) is 0 Å². The maximum Gasteiger partial charge on any atom is 0.132 e. The van der Waals surface area contributed by atoms with E-state index in [0.717, 1.165) is 37.6 Å². The van der Waals surface area contributed by atoms with Crippen molar-refractivity contribution in [1.29, 1.82) is 0 Å². The van der Waals surface area contributed by atoms with Crippen molar-refractivity contribution in [1.82, 2.24) is 14.9 Å². The van der Waals surface area contributed by atoms with Crippen molar-refractivity contribution in [2.75, 3.05) is 31.2 Å². The van der Waals surface area contributed by atoms with Crippen LogP contribution in [-0.4, -0.2) is 41.0 Å². The summed E-state index contributed by atoms with van der Waals surface area (Å²) in [4.78, 5) is 10.9. The predicted molar refractivity (Wildman–Crippen MR) is 65.3 cm³/mol. The molecule has 0 radical (unpaired) electrons. The number of aromatic nitrogens is 2. The molecule has 1 aromatic heterocycles. The van der Waals surface area contributed by atoms with E-state index in [0.29, 0.717) is 11.9 Å². The number of nitrogens with one attached hydrogen (secondary N) is 1. The van der Waals surface area contributed by atoms with Gasteiger partial charge in [-0.05, 0) is 20.0 Å². The molecular formula is C11H19N5. The highest BCUT2D eigenvalue weighted by Crippen LogP contribution is 2.14. The summed E-state index contributed by atoms with van der Waals surface area (Å²) in [6.45, 7) is 4.23. The van der Waals surface area contributed by atoms with Crippen LogP contribution in [0.1, 0.15) is 19.2 Å². The van der Waals surface area contributed by atoms with Crippen molar-refractivity contribution < 1.29 is 0 Å². The standard InChI is InChI=1S/C11H19N5/c1-3-10-14-9(12)6-11(15-10)13-8-4-5-16(2)7-8/h6,8H,3-5,7H2,1-2H3,(H3,12,13,14,15).